The van der Waals surface area contributed by atoms with Crippen LogP contribution in [0.5, 0.6) is 0 Å². The molecule has 3 aliphatic rings. The molecule has 1 aromatic carbocycles. The number of hydrogen-bond donors (Lipinski definition) is 0. The van der Waals surface area contributed by atoms with Gasteiger partial charge in [0.15, 0.2) is 0 Å². The van der Waals surface area contributed by atoms with E-state index in [4.69, 9.17) is 11.6 Å². The Labute approximate surface area is 218 Å². The zero-order chi connectivity index (χ0) is 27.0. The molecule has 0 bridgehead atoms. The predicted octanol–water partition coefficient (Wildman–Crippen LogP) is 4.04. The van der Waals surface area contributed by atoms with Gasteiger partial charge in [0.25, 0.3) is 6.10 Å². The maximum atomic E-state index is 12.7. The van der Waals surface area contributed by atoms with Gasteiger partial charge in [0.2, 0.25) is 0 Å². The summed E-state index contributed by atoms with van der Waals surface area (Å²) in [5, 5.41) is 0.559. The molecule has 0 aromatic heterocycles. The first-order valence-electron chi connectivity index (χ1n) is 11.8. The van der Waals surface area contributed by atoms with Crippen LogP contribution >= 0.6 is 11.6 Å². The van der Waals surface area contributed by atoms with Crippen LogP contribution in [0.15, 0.2) is 18.2 Å². The number of amides is 1. The number of benzene rings is 1. The molecule has 3 aliphatic heterocycles. The summed E-state index contributed by atoms with van der Waals surface area (Å²) in [6, 6.07) is 5.69. The fraction of sp³-hybridized carbons (Fsp3) is 0.682. The summed E-state index contributed by atoms with van der Waals surface area (Å²) in [5.74, 6) is 0.686. The third kappa shape index (κ3) is 6.88. The van der Waals surface area contributed by atoms with Crippen molar-refractivity contribution in [2.75, 3.05) is 56.5 Å². The number of carbonyl (C=O) groups excluding carboxylic acids is 1. The van der Waals surface area contributed by atoms with Crippen molar-refractivity contribution in [1.82, 2.24) is 14.1 Å². The Hall–Kier alpha value is -1.61. The zero-order valence-electron chi connectivity index (χ0n) is 19.7. The van der Waals surface area contributed by atoms with Crippen molar-refractivity contribution < 1.29 is 40.4 Å². The molecule has 4 rings (SSSR count). The van der Waals surface area contributed by atoms with Gasteiger partial charge >= 0.3 is 18.4 Å². The highest BCUT2D eigenvalue weighted by Gasteiger charge is 2.60. The molecule has 0 aliphatic carbocycles. The minimum Gasteiger partial charge on any atom is -0.598 e. The number of alkyl halides is 6. The van der Waals surface area contributed by atoms with Gasteiger partial charge < -0.3 is 19.1 Å². The highest BCUT2D eigenvalue weighted by Crippen LogP contribution is 2.36. The quantitative estimate of drug-likeness (QED) is 0.390. The molecule has 0 spiro atoms. The van der Waals surface area contributed by atoms with Crippen LogP contribution in [0.25, 0.3) is 0 Å². The minimum atomic E-state index is -5.75. The SMILES string of the molecule is O=C(OC(C(F)(F)F)C(F)(F)F)N1CCN(Cc2ccc(Cl)cc2N2CCC(N3CCC[S+]3[O-])C2)CC1. The molecule has 3 saturated heterocycles. The number of hydrogen-bond acceptors (Lipinski definition) is 6. The average molecular weight is 577 g/mol. The third-order valence-electron chi connectivity index (χ3n) is 6.76. The second-order valence-electron chi connectivity index (χ2n) is 9.29. The van der Waals surface area contributed by atoms with Crippen LogP contribution < -0.4 is 4.90 Å². The number of nitrogens with zero attached hydrogens (tertiary/aromatic N) is 4. The van der Waals surface area contributed by atoms with Crippen molar-refractivity contribution in [2.24, 2.45) is 0 Å². The summed E-state index contributed by atoms with van der Waals surface area (Å²) in [5.41, 5.74) is 1.89. The largest absolute Gasteiger partial charge is 0.598 e. The van der Waals surface area contributed by atoms with Crippen LogP contribution in [-0.4, -0.2) is 101 Å². The molecule has 1 amide bonds. The molecular weight excluding hydrogens is 550 g/mol. The Morgan fingerprint density at radius 1 is 1.08 bits per heavy atom. The zero-order valence-corrected chi connectivity index (χ0v) is 21.3. The molecule has 7 nitrogen and oxygen atoms in total. The first kappa shape index (κ1) is 28.4. The number of halogens is 7. The highest BCUT2D eigenvalue weighted by molar-refractivity contribution is 7.89. The van der Waals surface area contributed by atoms with E-state index in [9.17, 15) is 35.7 Å². The molecule has 208 valence electrons. The van der Waals surface area contributed by atoms with Crippen LogP contribution in [0.3, 0.4) is 0 Å². The maximum Gasteiger partial charge on any atom is 0.434 e. The van der Waals surface area contributed by atoms with Gasteiger partial charge in [-0.1, -0.05) is 17.7 Å². The molecule has 37 heavy (non-hydrogen) atoms. The summed E-state index contributed by atoms with van der Waals surface area (Å²) in [6.07, 6.45) is -15.5. The van der Waals surface area contributed by atoms with Crippen molar-refractivity contribution in [2.45, 2.75) is 43.9 Å². The van der Waals surface area contributed by atoms with Crippen LogP contribution in [0.4, 0.5) is 36.8 Å². The van der Waals surface area contributed by atoms with Gasteiger partial charge in [0.1, 0.15) is 5.75 Å². The Morgan fingerprint density at radius 2 is 1.76 bits per heavy atom. The van der Waals surface area contributed by atoms with E-state index in [0.717, 1.165) is 42.1 Å². The summed E-state index contributed by atoms with van der Waals surface area (Å²) in [4.78, 5) is 17.0. The molecule has 2 unspecified atom stereocenters. The summed E-state index contributed by atoms with van der Waals surface area (Å²) >= 11 is 5.31. The Bertz CT molecular complexity index is 949. The molecule has 3 heterocycles. The second kappa shape index (κ2) is 11.2. The Morgan fingerprint density at radius 3 is 2.35 bits per heavy atom. The highest BCUT2D eigenvalue weighted by atomic mass is 35.5. The summed E-state index contributed by atoms with van der Waals surface area (Å²) in [6.45, 7) is 3.09. The van der Waals surface area contributed by atoms with Crippen molar-refractivity contribution in [3.63, 3.8) is 0 Å². The van der Waals surface area contributed by atoms with Gasteiger partial charge in [-0.15, -0.1) is 4.31 Å². The van der Waals surface area contributed by atoms with Crippen LogP contribution in [0.2, 0.25) is 5.02 Å². The van der Waals surface area contributed by atoms with E-state index in [1.54, 1.807) is 6.07 Å². The molecule has 0 N–H and O–H groups in total. The fourth-order valence-electron chi connectivity index (χ4n) is 4.90. The standard InChI is InChI=1S/C22H27ClF6N4O3S/c23-16-3-2-15(18(12-16)32-6-4-17(14-32)33-5-1-11-37(33)35)13-30-7-9-31(10-8-30)20(34)36-19(21(24,25)26)22(27,28)29/h2-3,12,17,19H,1,4-11,13-14H2. The van der Waals surface area contributed by atoms with Crippen molar-refractivity contribution in [3.8, 4) is 0 Å². The number of piperazine rings is 1. The topological polar surface area (TPSA) is 62.3 Å². The Kier molecular flexibility index (Phi) is 8.63. The van der Waals surface area contributed by atoms with Gasteiger partial charge in [-0.25, -0.2) is 4.79 Å². The number of carbonyl (C=O) groups is 1. The van der Waals surface area contributed by atoms with E-state index >= 15 is 0 Å². The van der Waals surface area contributed by atoms with Gasteiger partial charge in [-0.2, -0.15) is 26.3 Å². The average Bonchev–Trinajstić information content (AvgIpc) is 3.46. The van der Waals surface area contributed by atoms with Crippen LogP contribution in [0, 0.1) is 0 Å². The number of rotatable bonds is 5. The van der Waals surface area contributed by atoms with E-state index in [-0.39, 0.29) is 32.2 Å². The van der Waals surface area contributed by atoms with Gasteiger partial charge in [0.05, 0.1) is 6.04 Å². The van der Waals surface area contributed by atoms with Crippen molar-refractivity contribution in [1.29, 1.82) is 0 Å². The predicted molar refractivity (Wildman–Crippen MR) is 126 cm³/mol. The lowest BCUT2D eigenvalue weighted by Gasteiger charge is -2.36. The van der Waals surface area contributed by atoms with E-state index in [0.29, 0.717) is 23.9 Å². The summed E-state index contributed by atoms with van der Waals surface area (Å²) < 4.78 is 94.4. The van der Waals surface area contributed by atoms with Crippen LogP contribution in [0.1, 0.15) is 18.4 Å². The van der Waals surface area contributed by atoms with E-state index < -0.39 is 35.9 Å². The second-order valence-corrected chi connectivity index (χ2v) is 11.2. The molecular formula is C22H27ClF6N4O3S. The maximum absolute atomic E-state index is 12.7. The van der Waals surface area contributed by atoms with E-state index in [1.807, 2.05) is 21.3 Å². The molecule has 3 fully saturated rings. The fourth-order valence-corrected chi connectivity index (χ4v) is 6.51. The molecule has 0 saturated carbocycles. The lowest BCUT2D eigenvalue weighted by atomic mass is 10.1. The summed E-state index contributed by atoms with van der Waals surface area (Å²) in [7, 11) is 0. The molecule has 2 atom stereocenters. The lowest BCUT2D eigenvalue weighted by Crippen LogP contribution is -2.52. The molecule has 15 heteroatoms. The first-order valence-corrected chi connectivity index (χ1v) is 13.5. The normalized spacial score (nSPS) is 24.4. The van der Waals surface area contributed by atoms with Gasteiger partial charge in [-0.3, -0.25) is 4.90 Å². The van der Waals surface area contributed by atoms with Crippen LogP contribution in [-0.2, 0) is 22.6 Å². The molecule has 0 radical (unpaired) electrons. The third-order valence-corrected chi connectivity index (χ3v) is 8.63. The van der Waals surface area contributed by atoms with E-state index in [2.05, 4.69) is 9.64 Å². The first-order chi connectivity index (χ1) is 17.3. The monoisotopic (exact) mass is 576 g/mol. The smallest absolute Gasteiger partial charge is 0.434 e. The van der Waals surface area contributed by atoms with Gasteiger partial charge in [-0.05, 0) is 24.1 Å². The lowest BCUT2D eigenvalue weighted by molar-refractivity contribution is -0.308. The molecule has 1 aromatic rings. The van der Waals surface area contributed by atoms with Crippen molar-refractivity contribution in [3.05, 3.63) is 28.8 Å². The number of ether oxygens (including phenoxy) is 1. The van der Waals surface area contributed by atoms with Gasteiger partial charge in [0, 0.05) is 80.9 Å². The Balaban J connectivity index is 1.35. The minimum absolute atomic E-state index is 0.0727. The number of anilines is 1. The van der Waals surface area contributed by atoms with E-state index in [1.165, 1.54) is 0 Å². The van der Waals surface area contributed by atoms with Crippen molar-refractivity contribution >= 4 is 34.7 Å².